The van der Waals surface area contributed by atoms with E-state index in [1.165, 1.54) is 6.42 Å². The second-order valence-electron chi connectivity index (χ2n) is 4.93. The molecule has 3 heteroatoms. The third kappa shape index (κ3) is 4.13. The zero-order valence-corrected chi connectivity index (χ0v) is 10.4. The van der Waals surface area contributed by atoms with Crippen LogP contribution < -0.4 is 0 Å². The lowest BCUT2D eigenvalue weighted by Crippen LogP contribution is -2.38. The van der Waals surface area contributed by atoms with Gasteiger partial charge in [-0.3, -0.25) is 0 Å². The molecule has 1 rings (SSSR count). The predicted molar refractivity (Wildman–Crippen MR) is 65.2 cm³/mol. The minimum Gasteiger partial charge on any atom is -0.389 e. The van der Waals surface area contributed by atoms with Gasteiger partial charge >= 0.3 is 0 Å². The Hall–Kier alpha value is -0.560. The van der Waals surface area contributed by atoms with Crippen molar-refractivity contribution < 1.29 is 9.84 Å². The van der Waals surface area contributed by atoms with E-state index in [0.717, 1.165) is 25.7 Å². The largest absolute Gasteiger partial charge is 0.389 e. The molecule has 0 bridgehead atoms. The summed E-state index contributed by atoms with van der Waals surface area (Å²) in [6.07, 6.45) is 10.5. The number of terminal acetylenes is 1. The first-order valence-electron chi connectivity index (χ1n) is 6.02. The maximum atomic E-state index is 9.72. The third-order valence-corrected chi connectivity index (χ3v) is 3.05. The monoisotopic (exact) mass is 225 g/mol. The molecule has 1 aliphatic carbocycles. The summed E-state index contributed by atoms with van der Waals surface area (Å²) in [6, 6.07) is 0. The van der Waals surface area contributed by atoms with E-state index in [1.807, 2.05) is 19.0 Å². The highest BCUT2D eigenvalue weighted by molar-refractivity contribution is 5.09. The smallest absolute Gasteiger partial charge is 0.128 e. The van der Waals surface area contributed by atoms with Crippen LogP contribution in [0.2, 0.25) is 0 Å². The molecule has 0 aromatic heterocycles. The second-order valence-corrected chi connectivity index (χ2v) is 4.93. The molecular weight excluding hydrogens is 202 g/mol. The molecule has 1 N–H and O–H groups in total. The van der Waals surface area contributed by atoms with Crippen molar-refractivity contribution in [3.8, 4) is 12.3 Å². The molecule has 1 aliphatic rings. The first kappa shape index (κ1) is 13.5. The van der Waals surface area contributed by atoms with Crippen molar-refractivity contribution in [2.45, 2.75) is 43.8 Å². The fourth-order valence-electron chi connectivity index (χ4n) is 2.18. The van der Waals surface area contributed by atoms with E-state index in [-0.39, 0.29) is 0 Å². The van der Waals surface area contributed by atoms with Crippen LogP contribution in [-0.4, -0.2) is 49.0 Å². The highest BCUT2D eigenvalue weighted by Gasteiger charge is 2.31. The van der Waals surface area contributed by atoms with Crippen molar-refractivity contribution >= 4 is 0 Å². The molecule has 0 aromatic rings. The van der Waals surface area contributed by atoms with Crippen molar-refractivity contribution in [2.75, 3.05) is 27.2 Å². The van der Waals surface area contributed by atoms with Crippen LogP contribution in [0.15, 0.2) is 0 Å². The number of aliphatic hydroxyl groups excluding tert-OH is 1. The number of ether oxygens (including phenoxy) is 1. The number of aliphatic hydroxyl groups is 1. The molecule has 1 saturated carbocycles. The Balaban J connectivity index is 2.36. The van der Waals surface area contributed by atoms with Gasteiger partial charge in [-0.2, -0.15) is 0 Å². The zero-order valence-electron chi connectivity index (χ0n) is 10.4. The quantitative estimate of drug-likeness (QED) is 0.715. The third-order valence-electron chi connectivity index (χ3n) is 3.05. The zero-order chi connectivity index (χ0) is 12.0. The van der Waals surface area contributed by atoms with E-state index < -0.39 is 11.7 Å². The SMILES string of the molecule is C#CC1(OCC(O)CN(C)C)CCCCC1. The van der Waals surface area contributed by atoms with Gasteiger partial charge in [-0.15, -0.1) is 6.42 Å². The topological polar surface area (TPSA) is 32.7 Å². The van der Waals surface area contributed by atoms with Gasteiger partial charge in [0.2, 0.25) is 0 Å². The van der Waals surface area contributed by atoms with Crippen LogP contribution in [0.3, 0.4) is 0 Å². The Morgan fingerprint density at radius 2 is 2.00 bits per heavy atom. The fourth-order valence-corrected chi connectivity index (χ4v) is 2.18. The minimum absolute atomic E-state index is 0.336. The van der Waals surface area contributed by atoms with Crippen LogP contribution in [0.1, 0.15) is 32.1 Å². The summed E-state index contributed by atoms with van der Waals surface area (Å²) < 4.78 is 5.77. The average molecular weight is 225 g/mol. The van der Waals surface area contributed by atoms with Gasteiger partial charge in [-0.05, 0) is 39.8 Å². The van der Waals surface area contributed by atoms with Gasteiger partial charge in [0.15, 0.2) is 0 Å². The fraction of sp³-hybridized carbons (Fsp3) is 0.846. The lowest BCUT2D eigenvalue weighted by atomic mass is 9.85. The van der Waals surface area contributed by atoms with E-state index in [1.54, 1.807) is 0 Å². The van der Waals surface area contributed by atoms with Crippen molar-refractivity contribution in [1.82, 2.24) is 4.90 Å². The van der Waals surface area contributed by atoms with Gasteiger partial charge in [-0.1, -0.05) is 12.3 Å². The van der Waals surface area contributed by atoms with Gasteiger partial charge in [0.25, 0.3) is 0 Å². The van der Waals surface area contributed by atoms with Crippen molar-refractivity contribution in [3.05, 3.63) is 0 Å². The molecule has 92 valence electrons. The number of nitrogens with zero attached hydrogens (tertiary/aromatic N) is 1. The molecule has 16 heavy (non-hydrogen) atoms. The Morgan fingerprint density at radius 3 is 2.50 bits per heavy atom. The van der Waals surface area contributed by atoms with Crippen molar-refractivity contribution in [2.24, 2.45) is 0 Å². The second kappa shape index (κ2) is 6.24. The Kier molecular flexibility index (Phi) is 5.27. The normalized spacial score (nSPS) is 21.7. The summed E-state index contributed by atoms with van der Waals surface area (Å²) in [5, 5.41) is 9.72. The van der Waals surface area contributed by atoms with E-state index in [2.05, 4.69) is 5.92 Å². The molecule has 1 fully saturated rings. The summed E-state index contributed by atoms with van der Waals surface area (Å²) in [7, 11) is 3.86. The molecule has 0 radical (unpaired) electrons. The Bertz CT molecular complexity index is 239. The molecule has 0 aliphatic heterocycles. The molecule has 0 spiro atoms. The highest BCUT2D eigenvalue weighted by atomic mass is 16.5. The van der Waals surface area contributed by atoms with Crippen molar-refractivity contribution in [3.63, 3.8) is 0 Å². The van der Waals surface area contributed by atoms with Gasteiger partial charge in [0, 0.05) is 6.54 Å². The Labute approximate surface area is 98.8 Å². The minimum atomic E-state index is -0.456. The molecule has 1 atom stereocenters. The van der Waals surface area contributed by atoms with Crippen molar-refractivity contribution in [1.29, 1.82) is 0 Å². The molecule has 0 saturated heterocycles. The summed E-state index contributed by atoms with van der Waals surface area (Å²) in [5.41, 5.74) is -0.411. The standard InChI is InChI=1S/C13H23NO2/c1-4-13(8-6-5-7-9-13)16-11-12(15)10-14(2)3/h1,12,15H,5-11H2,2-3H3. The first-order valence-corrected chi connectivity index (χ1v) is 6.02. The first-order chi connectivity index (χ1) is 7.58. The van der Waals surface area contributed by atoms with Crippen LogP contribution in [0, 0.1) is 12.3 Å². The molecule has 1 unspecified atom stereocenters. The van der Waals surface area contributed by atoms with Gasteiger partial charge in [0.05, 0.1) is 12.7 Å². The molecule has 0 amide bonds. The predicted octanol–water partition coefficient (Wildman–Crippen LogP) is 1.26. The summed E-state index contributed by atoms with van der Waals surface area (Å²) in [4.78, 5) is 1.94. The number of hydrogen-bond donors (Lipinski definition) is 1. The number of rotatable bonds is 5. The summed E-state index contributed by atoms with van der Waals surface area (Å²) in [5.74, 6) is 2.78. The van der Waals surface area contributed by atoms with E-state index >= 15 is 0 Å². The summed E-state index contributed by atoms with van der Waals surface area (Å²) >= 11 is 0. The van der Waals surface area contributed by atoms with Crippen LogP contribution in [0.4, 0.5) is 0 Å². The lowest BCUT2D eigenvalue weighted by Gasteiger charge is -2.33. The number of hydrogen-bond acceptors (Lipinski definition) is 3. The molecule has 0 heterocycles. The van der Waals surface area contributed by atoms with Gasteiger partial charge < -0.3 is 14.7 Å². The van der Waals surface area contributed by atoms with Crippen LogP contribution in [0.5, 0.6) is 0 Å². The molecule has 3 nitrogen and oxygen atoms in total. The van der Waals surface area contributed by atoms with E-state index in [9.17, 15) is 5.11 Å². The molecule has 0 aromatic carbocycles. The van der Waals surface area contributed by atoms with Crippen LogP contribution in [0.25, 0.3) is 0 Å². The van der Waals surface area contributed by atoms with Gasteiger partial charge in [-0.25, -0.2) is 0 Å². The van der Waals surface area contributed by atoms with E-state index in [4.69, 9.17) is 11.2 Å². The maximum absolute atomic E-state index is 9.72. The van der Waals surface area contributed by atoms with Crippen LogP contribution in [-0.2, 0) is 4.74 Å². The number of likely N-dealkylation sites (N-methyl/N-ethyl adjacent to an activating group) is 1. The Morgan fingerprint density at radius 1 is 1.38 bits per heavy atom. The highest BCUT2D eigenvalue weighted by Crippen LogP contribution is 2.31. The average Bonchev–Trinajstić information content (AvgIpc) is 2.27. The lowest BCUT2D eigenvalue weighted by molar-refractivity contribution is -0.0675. The molecular formula is C13H23NO2. The maximum Gasteiger partial charge on any atom is 0.128 e. The van der Waals surface area contributed by atoms with Crippen LogP contribution >= 0.6 is 0 Å². The van der Waals surface area contributed by atoms with Gasteiger partial charge in [0.1, 0.15) is 5.60 Å². The van der Waals surface area contributed by atoms with E-state index in [0.29, 0.717) is 13.2 Å². The summed E-state index contributed by atoms with van der Waals surface area (Å²) in [6.45, 7) is 0.947.